The molecule has 0 amide bonds. The second-order valence-electron chi connectivity index (χ2n) is 3.93. The lowest BCUT2D eigenvalue weighted by Crippen LogP contribution is -1.95. The summed E-state index contributed by atoms with van der Waals surface area (Å²) in [5.74, 6) is 0. The van der Waals surface area contributed by atoms with E-state index in [4.69, 9.17) is 23.2 Å². The minimum atomic E-state index is -3.15. The SMILES string of the molecule is CS(=O)(=O)c1ccc(-c2ccc(C=C(Cl)Cl)s2)cc1. The molecule has 0 aliphatic carbocycles. The molecule has 0 aliphatic rings. The lowest BCUT2D eigenvalue weighted by molar-refractivity contribution is 0.602. The van der Waals surface area contributed by atoms with Crippen LogP contribution in [0.15, 0.2) is 45.8 Å². The first kappa shape index (κ1) is 14.6. The van der Waals surface area contributed by atoms with Crippen LogP contribution in [0, 0.1) is 0 Å². The molecule has 0 spiro atoms. The molecule has 0 atom stereocenters. The zero-order valence-electron chi connectivity index (χ0n) is 9.93. The van der Waals surface area contributed by atoms with Crippen LogP contribution in [0.25, 0.3) is 16.5 Å². The van der Waals surface area contributed by atoms with Gasteiger partial charge in [0.15, 0.2) is 9.84 Å². The van der Waals surface area contributed by atoms with E-state index in [2.05, 4.69) is 0 Å². The van der Waals surface area contributed by atoms with Gasteiger partial charge in [0, 0.05) is 16.0 Å². The molecule has 1 aromatic carbocycles. The van der Waals surface area contributed by atoms with Crippen molar-refractivity contribution in [2.24, 2.45) is 0 Å². The van der Waals surface area contributed by atoms with Crippen LogP contribution in [-0.2, 0) is 9.84 Å². The second-order valence-corrected chi connectivity index (χ2v) is 8.07. The number of halogens is 2. The van der Waals surface area contributed by atoms with Crippen LogP contribution >= 0.6 is 34.5 Å². The van der Waals surface area contributed by atoms with Crippen molar-refractivity contribution < 1.29 is 8.42 Å². The minimum Gasteiger partial charge on any atom is -0.224 e. The largest absolute Gasteiger partial charge is 0.224 e. The topological polar surface area (TPSA) is 34.1 Å². The predicted octanol–water partition coefficient (Wildman–Crippen LogP) is 4.59. The molecule has 19 heavy (non-hydrogen) atoms. The lowest BCUT2D eigenvalue weighted by atomic mass is 10.2. The summed E-state index contributed by atoms with van der Waals surface area (Å²) in [5.41, 5.74) is 0.961. The molecule has 0 fully saturated rings. The van der Waals surface area contributed by atoms with Gasteiger partial charge in [0.2, 0.25) is 0 Å². The van der Waals surface area contributed by atoms with Gasteiger partial charge in [0.1, 0.15) is 4.49 Å². The van der Waals surface area contributed by atoms with Gasteiger partial charge in [-0.15, -0.1) is 11.3 Å². The van der Waals surface area contributed by atoms with Crippen molar-refractivity contribution in [1.29, 1.82) is 0 Å². The van der Waals surface area contributed by atoms with Gasteiger partial charge < -0.3 is 0 Å². The quantitative estimate of drug-likeness (QED) is 0.823. The molecule has 6 heteroatoms. The van der Waals surface area contributed by atoms with Crippen LogP contribution in [0.1, 0.15) is 4.88 Å². The fourth-order valence-corrected chi connectivity index (χ4v) is 3.51. The number of hydrogen-bond acceptors (Lipinski definition) is 3. The monoisotopic (exact) mass is 332 g/mol. The summed E-state index contributed by atoms with van der Waals surface area (Å²) in [4.78, 5) is 2.29. The molecule has 2 aromatic rings. The van der Waals surface area contributed by atoms with E-state index in [-0.39, 0.29) is 4.49 Å². The highest BCUT2D eigenvalue weighted by atomic mass is 35.5. The zero-order valence-corrected chi connectivity index (χ0v) is 13.1. The van der Waals surface area contributed by atoms with Crippen molar-refractivity contribution in [3.8, 4) is 10.4 Å². The Balaban J connectivity index is 2.33. The molecule has 1 aromatic heterocycles. The Hall–Kier alpha value is -0.810. The number of hydrogen-bond donors (Lipinski definition) is 0. The summed E-state index contributed by atoms with van der Waals surface area (Å²) in [6.45, 7) is 0. The van der Waals surface area contributed by atoms with Crippen LogP contribution in [0.3, 0.4) is 0 Å². The van der Waals surface area contributed by atoms with Gasteiger partial charge in [-0.2, -0.15) is 0 Å². The molecule has 0 saturated heterocycles. The van der Waals surface area contributed by atoms with Crippen LogP contribution in [-0.4, -0.2) is 14.7 Å². The second kappa shape index (κ2) is 5.67. The van der Waals surface area contributed by atoms with Crippen LogP contribution in [0.4, 0.5) is 0 Å². The lowest BCUT2D eigenvalue weighted by Gasteiger charge is -2.00. The molecular formula is C13H10Cl2O2S2. The van der Waals surface area contributed by atoms with E-state index < -0.39 is 9.84 Å². The third-order valence-corrected chi connectivity index (χ3v) is 4.87. The van der Waals surface area contributed by atoms with Gasteiger partial charge in [-0.1, -0.05) is 35.3 Å². The summed E-state index contributed by atoms with van der Waals surface area (Å²) >= 11 is 12.7. The molecule has 0 saturated carbocycles. The maximum Gasteiger partial charge on any atom is 0.175 e. The summed E-state index contributed by atoms with van der Waals surface area (Å²) in [7, 11) is -3.15. The normalized spacial score (nSPS) is 11.3. The standard InChI is InChI=1S/C13H10Cl2O2S2/c1-19(16,17)11-5-2-9(3-6-11)12-7-4-10(18-12)8-13(14)15/h2-8H,1H3. The number of thiophene rings is 1. The Labute approximate surface area is 126 Å². The van der Waals surface area contributed by atoms with Gasteiger partial charge in [-0.05, 0) is 35.9 Å². The first-order valence-corrected chi connectivity index (χ1v) is 8.76. The Morgan fingerprint density at radius 2 is 1.74 bits per heavy atom. The van der Waals surface area contributed by atoms with E-state index in [1.165, 1.54) is 17.6 Å². The molecular weight excluding hydrogens is 323 g/mol. The molecule has 2 rings (SSSR count). The van der Waals surface area contributed by atoms with Crippen molar-refractivity contribution in [1.82, 2.24) is 0 Å². The van der Waals surface area contributed by atoms with E-state index in [0.29, 0.717) is 4.90 Å². The molecule has 1 heterocycles. The summed E-state index contributed by atoms with van der Waals surface area (Å²) < 4.78 is 23.0. The molecule has 100 valence electrons. The Morgan fingerprint density at radius 3 is 2.26 bits per heavy atom. The molecule has 2 nitrogen and oxygen atoms in total. The van der Waals surface area contributed by atoms with E-state index in [1.54, 1.807) is 30.3 Å². The van der Waals surface area contributed by atoms with Gasteiger partial charge in [0.05, 0.1) is 4.90 Å². The van der Waals surface area contributed by atoms with Gasteiger partial charge in [-0.25, -0.2) is 8.42 Å². The average molecular weight is 333 g/mol. The number of benzene rings is 1. The van der Waals surface area contributed by atoms with Crippen molar-refractivity contribution in [2.45, 2.75) is 4.90 Å². The molecule has 0 unspecified atom stereocenters. The van der Waals surface area contributed by atoms with Gasteiger partial charge in [0.25, 0.3) is 0 Å². The summed E-state index contributed by atoms with van der Waals surface area (Å²) in [6, 6.07) is 10.6. The molecule has 0 radical (unpaired) electrons. The summed E-state index contributed by atoms with van der Waals surface area (Å²) in [6.07, 6.45) is 2.86. The van der Waals surface area contributed by atoms with Crippen molar-refractivity contribution in [3.05, 3.63) is 45.8 Å². The maximum atomic E-state index is 11.4. The molecule has 0 bridgehead atoms. The highest BCUT2D eigenvalue weighted by Gasteiger charge is 2.07. The highest BCUT2D eigenvalue weighted by Crippen LogP contribution is 2.30. The number of rotatable bonds is 3. The third-order valence-electron chi connectivity index (χ3n) is 2.45. The van der Waals surface area contributed by atoms with Crippen molar-refractivity contribution >= 4 is 50.5 Å². The first-order chi connectivity index (χ1) is 8.86. The van der Waals surface area contributed by atoms with Crippen LogP contribution < -0.4 is 0 Å². The summed E-state index contributed by atoms with van der Waals surface area (Å²) in [5, 5.41) is 0. The molecule has 0 N–H and O–H groups in total. The fourth-order valence-electron chi connectivity index (χ4n) is 1.56. The van der Waals surface area contributed by atoms with E-state index in [0.717, 1.165) is 15.3 Å². The number of sulfone groups is 1. The minimum absolute atomic E-state index is 0.209. The van der Waals surface area contributed by atoms with Crippen molar-refractivity contribution in [3.63, 3.8) is 0 Å². The predicted molar refractivity (Wildman–Crippen MR) is 82.5 cm³/mol. The van der Waals surface area contributed by atoms with E-state index >= 15 is 0 Å². The highest BCUT2D eigenvalue weighted by molar-refractivity contribution is 7.90. The zero-order chi connectivity index (χ0) is 14.0. The Bertz CT molecular complexity index is 709. The molecule has 0 aliphatic heterocycles. The van der Waals surface area contributed by atoms with Crippen LogP contribution in [0.5, 0.6) is 0 Å². The van der Waals surface area contributed by atoms with Crippen LogP contribution in [0.2, 0.25) is 0 Å². The third kappa shape index (κ3) is 3.83. The first-order valence-electron chi connectivity index (χ1n) is 5.29. The van der Waals surface area contributed by atoms with Gasteiger partial charge >= 0.3 is 0 Å². The fraction of sp³-hybridized carbons (Fsp3) is 0.0769. The average Bonchev–Trinajstić information content (AvgIpc) is 2.75. The maximum absolute atomic E-state index is 11.4. The van der Waals surface area contributed by atoms with E-state index in [1.807, 2.05) is 12.1 Å². The van der Waals surface area contributed by atoms with Crippen molar-refractivity contribution in [2.75, 3.05) is 6.26 Å². The van der Waals surface area contributed by atoms with Gasteiger partial charge in [-0.3, -0.25) is 0 Å². The Morgan fingerprint density at radius 1 is 1.11 bits per heavy atom. The Kier molecular flexibility index (Phi) is 4.36. The smallest absolute Gasteiger partial charge is 0.175 e. The van der Waals surface area contributed by atoms with E-state index in [9.17, 15) is 8.42 Å².